The van der Waals surface area contributed by atoms with Crippen LogP contribution in [0.3, 0.4) is 0 Å². The zero-order valence-corrected chi connectivity index (χ0v) is 13.0. The van der Waals surface area contributed by atoms with Gasteiger partial charge < -0.3 is 15.0 Å². The first kappa shape index (κ1) is 14.8. The summed E-state index contributed by atoms with van der Waals surface area (Å²) in [5, 5.41) is 3.69. The SMILES string of the molecule is CCN1CCOC(CN2CCC(CNC3CC3)CC2)C1. The predicted octanol–water partition coefficient (Wildman–Crippen LogP) is 1.17. The maximum absolute atomic E-state index is 5.93. The van der Waals surface area contributed by atoms with E-state index in [0.717, 1.165) is 44.7 Å². The van der Waals surface area contributed by atoms with E-state index >= 15 is 0 Å². The number of ether oxygens (including phenoxy) is 1. The molecule has 2 heterocycles. The smallest absolute Gasteiger partial charge is 0.0829 e. The number of rotatable bonds is 6. The lowest BCUT2D eigenvalue weighted by molar-refractivity contribution is -0.0452. The number of likely N-dealkylation sites (N-methyl/N-ethyl adjacent to an activating group) is 1. The van der Waals surface area contributed by atoms with Gasteiger partial charge in [0.1, 0.15) is 0 Å². The minimum Gasteiger partial charge on any atom is -0.374 e. The Bertz CT molecular complexity index is 287. The number of nitrogens with one attached hydrogen (secondary N) is 1. The molecule has 3 aliphatic rings. The fraction of sp³-hybridized carbons (Fsp3) is 1.00. The van der Waals surface area contributed by atoms with Crippen molar-refractivity contribution < 1.29 is 4.74 Å². The molecule has 0 amide bonds. The fourth-order valence-electron chi connectivity index (χ4n) is 3.46. The van der Waals surface area contributed by atoms with Gasteiger partial charge in [-0.15, -0.1) is 0 Å². The minimum absolute atomic E-state index is 0.435. The van der Waals surface area contributed by atoms with Crippen LogP contribution in [0.5, 0.6) is 0 Å². The number of morpholine rings is 1. The van der Waals surface area contributed by atoms with Crippen molar-refractivity contribution in [3.63, 3.8) is 0 Å². The third kappa shape index (κ3) is 4.42. The highest BCUT2D eigenvalue weighted by molar-refractivity contribution is 4.84. The molecular formula is C16H31N3O. The summed E-state index contributed by atoms with van der Waals surface area (Å²) in [6, 6.07) is 0.865. The van der Waals surface area contributed by atoms with Gasteiger partial charge in [0.25, 0.3) is 0 Å². The zero-order chi connectivity index (χ0) is 13.8. The highest BCUT2D eigenvalue weighted by Gasteiger charge is 2.26. The van der Waals surface area contributed by atoms with Gasteiger partial charge >= 0.3 is 0 Å². The molecule has 4 nitrogen and oxygen atoms in total. The molecule has 0 radical (unpaired) electrons. The Hall–Kier alpha value is -0.160. The van der Waals surface area contributed by atoms with Crippen LogP contribution in [-0.4, -0.2) is 74.4 Å². The van der Waals surface area contributed by atoms with Gasteiger partial charge in [0.2, 0.25) is 0 Å². The molecule has 0 spiro atoms. The molecule has 1 unspecified atom stereocenters. The zero-order valence-electron chi connectivity index (χ0n) is 13.0. The van der Waals surface area contributed by atoms with Crippen LogP contribution in [0.15, 0.2) is 0 Å². The molecule has 3 rings (SSSR count). The van der Waals surface area contributed by atoms with E-state index in [1.54, 1.807) is 0 Å². The van der Waals surface area contributed by atoms with E-state index in [-0.39, 0.29) is 0 Å². The number of hydrogen-bond acceptors (Lipinski definition) is 4. The van der Waals surface area contributed by atoms with Crippen molar-refractivity contribution in [2.75, 3.05) is 52.4 Å². The van der Waals surface area contributed by atoms with Gasteiger partial charge in [-0.05, 0) is 57.8 Å². The predicted molar refractivity (Wildman–Crippen MR) is 82.0 cm³/mol. The van der Waals surface area contributed by atoms with E-state index in [0.29, 0.717) is 6.10 Å². The highest BCUT2D eigenvalue weighted by atomic mass is 16.5. The first-order chi connectivity index (χ1) is 9.83. The molecule has 2 saturated heterocycles. The van der Waals surface area contributed by atoms with Crippen LogP contribution < -0.4 is 5.32 Å². The molecule has 4 heteroatoms. The van der Waals surface area contributed by atoms with Gasteiger partial charge in [0.15, 0.2) is 0 Å². The van der Waals surface area contributed by atoms with E-state index in [1.165, 1.54) is 45.3 Å². The molecule has 1 saturated carbocycles. The third-order valence-corrected chi connectivity index (χ3v) is 5.11. The van der Waals surface area contributed by atoms with E-state index in [9.17, 15) is 0 Å². The number of hydrogen-bond donors (Lipinski definition) is 1. The second-order valence-corrected chi connectivity index (χ2v) is 6.81. The molecule has 0 aromatic rings. The summed E-state index contributed by atoms with van der Waals surface area (Å²) in [6.45, 7) is 11.5. The molecule has 3 fully saturated rings. The minimum atomic E-state index is 0.435. The first-order valence-electron chi connectivity index (χ1n) is 8.63. The Kier molecular flexibility index (Phi) is 5.32. The van der Waals surface area contributed by atoms with Gasteiger partial charge in [-0.3, -0.25) is 4.90 Å². The van der Waals surface area contributed by atoms with Crippen molar-refractivity contribution in [2.24, 2.45) is 5.92 Å². The lowest BCUT2D eigenvalue weighted by Crippen LogP contribution is -2.49. The summed E-state index contributed by atoms with van der Waals surface area (Å²) >= 11 is 0. The maximum atomic E-state index is 5.93. The van der Waals surface area contributed by atoms with Crippen LogP contribution in [0, 0.1) is 5.92 Å². The van der Waals surface area contributed by atoms with Crippen molar-refractivity contribution in [1.82, 2.24) is 15.1 Å². The molecule has 1 atom stereocenters. The van der Waals surface area contributed by atoms with E-state index in [2.05, 4.69) is 22.0 Å². The van der Waals surface area contributed by atoms with Crippen molar-refractivity contribution in [1.29, 1.82) is 0 Å². The monoisotopic (exact) mass is 281 g/mol. The standard InChI is InChI=1S/C16H31N3O/c1-2-18-9-10-20-16(12-18)13-19-7-5-14(6-8-19)11-17-15-3-4-15/h14-17H,2-13H2,1H3. The van der Waals surface area contributed by atoms with Crippen LogP contribution in [0.1, 0.15) is 32.6 Å². The van der Waals surface area contributed by atoms with Gasteiger partial charge in [-0.2, -0.15) is 0 Å². The maximum Gasteiger partial charge on any atom is 0.0829 e. The molecule has 116 valence electrons. The lowest BCUT2D eigenvalue weighted by Gasteiger charge is -2.38. The second-order valence-electron chi connectivity index (χ2n) is 6.81. The third-order valence-electron chi connectivity index (χ3n) is 5.11. The summed E-state index contributed by atoms with van der Waals surface area (Å²) in [7, 11) is 0. The summed E-state index contributed by atoms with van der Waals surface area (Å²) in [6.07, 6.45) is 5.98. The second kappa shape index (κ2) is 7.21. The van der Waals surface area contributed by atoms with Crippen molar-refractivity contribution in [3.05, 3.63) is 0 Å². The topological polar surface area (TPSA) is 27.7 Å². The normalized spacial score (nSPS) is 30.8. The fourth-order valence-corrected chi connectivity index (χ4v) is 3.46. The molecular weight excluding hydrogens is 250 g/mol. The largest absolute Gasteiger partial charge is 0.374 e. The molecule has 2 aliphatic heterocycles. The number of piperidine rings is 1. The molecule has 20 heavy (non-hydrogen) atoms. The van der Waals surface area contributed by atoms with Gasteiger partial charge in [0, 0.05) is 25.7 Å². The summed E-state index contributed by atoms with van der Waals surface area (Å²) in [4.78, 5) is 5.14. The molecule has 1 N–H and O–H groups in total. The van der Waals surface area contributed by atoms with Crippen molar-refractivity contribution in [3.8, 4) is 0 Å². The Labute approximate surface area is 123 Å². The van der Waals surface area contributed by atoms with Crippen LogP contribution in [-0.2, 0) is 4.74 Å². The Morgan fingerprint density at radius 1 is 1.05 bits per heavy atom. The van der Waals surface area contributed by atoms with Crippen LogP contribution in [0.25, 0.3) is 0 Å². The first-order valence-corrected chi connectivity index (χ1v) is 8.63. The van der Waals surface area contributed by atoms with Gasteiger partial charge in [-0.1, -0.05) is 6.92 Å². The average Bonchev–Trinajstić information content (AvgIpc) is 3.31. The molecule has 1 aliphatic carbocycles. The molecule has 0 aromatic heterocycles. The lowest BCUT2D eigenvalue weighted by atomic mass is 9.96. The molecule has 0 aromatic carbocycles. The van der Waals surface area contributed by atoms with Crippen LogP contribution in [0.4, 0.5) is 0 Å². The summed E-state index contributed by atoms with van der Waals surface area (Å²) in [5.41, 5.74) is 0. The van der Waals surface area contributed by atoms with Crippen LogP contribution >= 0.6 is 0 Å². The Morgan fingerprint density at radius 2 is 1.85 bits per heavy atom. The van der Waals surface area contributed by atoms with Crippen molar-refractivity contribution >= 4 is 0 Å². The molecule has 0 bridgehead atoms. The summed E-state index contributed by atoms with van der Waals surface area (Å²) < 4.78 is 5.93. The van der Waals surface area contributed by atoms with Crippen molar-refractivity contribution in [2.45, 2.75) is 44.8 Å². The van der Waals surface area contributed by atoms with E-state index in [1.807, 2.05) is 0 Å². The number of likely N-dealkylation sites (tertiary alicyclic amines) is 1. The Balaban J connectivity index is 1.33. The van der Waals surface area contributed by atoms with Gasteiger partial charge in [-0.25, -0.2) is 0 Å². The highest BCUT2D eigenvalue weighted by Crippen LogP contribution is 2.22. The Morgan fingerprint density at radius 3 is 2.55 bits per heavy atom. The number of nitrogens with zero attached hydrogens (tertiary/aromatic N) is 2. The average molecular weight is 281 g/mol. The summed E-state index contributed by atoms with van der Waals surface area (Å²) in [5.74, 6) is 0.909. The van der Waals surface area contributed by atoms with E-state index < -0.39 is 0 Å². The quantitative estimate of drug-likeness (QED) is 0.791. The van der Waals surface area contributed by atoms with Crippen LogP contribution in [0.2, 0.25) is 0 Å². The van der Waals surface area contributed by atoms with E-state index in [4.69, 9.17) is 4.74 Å². The van der Waals surface area contributed by atoms with Gasteiger partial charge in [0.05, 0.1) is 12.7 Å².